The van der Waals surface area contributed by atoms with Crippen LogP contribution in [0.2, 0.25) is 0 Å². The number of carbonyl (C=O) groups is 1. The molecule has 0 radical (unpaired) electrons. The zero-order chi connectivity index (χ0) is 16.1. The predicted molar refractivity (Wildman–Crippen MR) is 86.5 cm³/mol. The summed E-state index contributed by atoms with van der Waals surface area (Å²) in [5.74, 6) is 0.914. The molecular formula is C16H20N4O2. The van der Waals surface area contributed by atoms with Gasteiger partial charge in [0.15, 0.2) is 5.69 Å². The summed E-state index contributed by atoms with van der Waals surface area (Å²) < 4.78 is 5.24. The van der Waals surface area contributed by atoms with E-state index in [4.69, 9.17) is 4.74 Å². The highest BCUT2D eigenvalue weighted by atomic mass is 16.5. The highest BCUT2D eigenvalue weighted by Gasteiger charge is 2.12. The van der Waals surface area contributed by atoms with Crippen LogP contribution in [0.4, 0.5) is 11.5 Å². The van der Waals surface area contributed by atoms with Crippen molar-refractivity contribution in [3.05, 3.63) is 41.6 Å². The van der Waals surface area contributed by atoms with Gasteiger partial charge in [-0.25, -0.2) is 0 Å². The van der Waals surface area contributed by atoms with E-state index in [0.717, 1.165) is 5.56 Å². The predicted octanol–water partition coefficient (Wildman–Crippen LogP) is 2.87. The molecular weight excluding hydrogens is 280 g/mol. The van der Waals surface area contributed by atoms with Gasteiger partial charge in [-0.3, -0.25) is 4.79 Å². The topological polar surface area (TPSA) is 76.1 Å². The number of hydrogen-bond acceptors (Lipinski definition) is 5. The molecule has 6 heteroatoms. The lowest BCUT2D eigenvalue weighted by Gasteiger charge is -2.11. The van der Waals surface area contributed by atoms with Crippen LogP contribution in [0.15, 0.2) is 30.3 Å². The number of aromatic nitrogens is 2. The molecule has 0 fully saturated rings. The van der Waals surface area contributed by atoms with Crippen molar-refractivity contribution in [2.24, 2.45) is 0 Å². The van der Waals surface area contributed by atoms with E-state index in [1.807, 2.05) is 39.0 Å². The lowest BCUT2D eigenvalue weighted by Crippen LogP contribution is -2.16. The summed E-state index contributed by atoms with van der Waals surface area (Å²) in [6, 6.07) is 9.20. The summed E-state index contributed by atoms with van der Waals surface area (Å²) in [5.41, 5.74) is 1.88. The zero-order valence-corrected chi connectivity index (χ0v) is 13.2. The Morgan fingerprint density at radius 3 is 2.55 bits per heavy atom. The molecule has 1 aromatic heterocycles. The van der Waals surface area contributed by atoms with Crippen molar-refractivity contribution >= 4 is 17.4 Å². The Kier molecular flexibility index (Phi) is 4.93. The molecule has 0 aliphatic rings. The van der Waals surface area contributed by atoms with Crippen molar-refractivity contribution in [3.63, 3.8) is 0 Å². The van der Waals surface area contributed by atoms with Crippen molar-refractivity contribution in [1.29, 1.82) is 0 Å². The minimum Gasteiger partial charge on any atom is -0.495 e. The molecule has 0 bridgehead atoms. The second-order valence-corrected chi connectivity index (χ2v) is 5.26. The van der Waals surface area contributed by atoms with Crippen molar-refractivity contribution in [1.82, 2.24) is 10.2 Å². The van der Waals surface area contributed by atoms with Gasteiger partial charge in [0.05, 0.1) is 12.8 Å². The van der Waals surface area contributed by atoms with Crippen molar-refractivity contribution in [2.45, 2.75) is 26.8 Å². The number of nitrogens with one attached hydrogen (secondary N) is 2. The lowest BCUT2D eigenvalue weighted by atomic mass is 10.2. The normalized spacial score (nSPS) is 10.4. The molecule has 0 unspecified atom stereocenters. The summed E-state index contributed by atoms with van der Waals surface area (Å²) >= 11 is 0. The van der Waals surface area contributed by atoms with Gasteiger partial charge in [0.1, 0.15) is 11.6 Å². The maximum absolute atomic E-state index is 12.2. The van der Waals surface area contributed by atoms with Gasteiger partial charge in [-0.15, -0.1) is 10.2 Å². The highest BCUT2D eigenvalue weighted by Crippen LogP contribution is 2.25. The van der Waals surface area contributed by atoms with E-state index >= 15 is 0 Å². The number of carbonyl (C=O) groups excluding carboxylic acids is 1. The summed E-state index contributed by atoms with van der Waals surface area (Å²) in [6.07, 6.45) is 0. The molecule has 0 aliphatic heterocycles. The molecule has 6 nitrogen and oxygen atoms in total. The molecule has 2 N–H and O–H groups in total. The van der Waals surface area contributed by atoms with Crippen LogP contribution in [0.1, 0.15) is 29.9 Å². The van der Waals surface area contributed by atoms with E-state index in [9.17, 15) is 4.79 Å². The Balaban J connectivity index is 2.14. The number of rotatable bonds is 5. The molecule has 0 aliphatic carbocycles. The van der Waals surface area contributed by atoms with E-state index in [1.165, 1.54) is 0 Å². The molecule has 2 aromatic rings. The van der Waals surface area contributed by atoms with Crippen molar-refractivity contribution < 1.29 is 9.53 Å². The standard InChI is InChI=1S/C16H20N4O2/c1-10(2)17-15-8-6-12(19-20-15)16(21)18-13-9-11(3)5-7-14(13)22-4/h5-10H,1-4H3,(H,17,20)(H,18,21). The van der Waals surface area contributed by atoms with Crippen LogP contribution in [-0.4, -0.2) is 29.3 Å². The van der Waals surface area contributed by atoms with Gasteiger partial charge in [-0.1, -0.05) is 6.07 Å². The Labute approximate surface area is 129 Å². The summed E-state index contributed by atoms with van der Waals surface area (Å²) in [6.45, 7) is 5.96. The van der Waals surface area contributed by atoms with Gasteiger partial charge in [-0.2, -0.15) is 0 Å². The fraction of sp³-hybridized carbons (Fsp3) is 0.312. The molecule has 2 rings (SSSR count). The number of methoxy groups -OCH3 is 1. The van der Waals surface area contributed by atoms with Crippen LogP contribution in [0, 0.1) is 6.92 Å². The van der Waals surface area contributed by atoms with Gasteiger partial charge in [0.25, 0.3) is 5.91 Å². The Morgan fingerprint density at radius 1 is 1.18 bits per heavy atom. The second-order valence-electron chi connectivity index (χ2n) is 5.26. The third-order valence-corrected chi connectivity index (χ3v) is 2.94. The number of aryl methyl sites for hydroxylation is 1. The number of anilines is 2. The Bertz CT molecular complexity index is 654. The van der Waals surface area contributed by atoms with Crippen LogP contribution in [-0.2, 0) is 0 Å². The maximum Gasteiger partial charge on any atom is 0.276 e. The lowest BCUT2D eigenvalue weighted by molar-refractivity contribution is 0.102. The summed E-state index contributed by atoms with van der Waals surface area (Å²) in [7, 11) is 1.56. The van der Waals surface area contributed by atoms with Crippen molar-refractivity contribution in [2.75, 3.05) is 17.7 Å². The van der Waals surface area contributed by atoms with E-state index in [2.05, 4.69) is 20.8 Å². The largest absolute Gasteiger partial charge is 0.495 e. The fourth-order valence-corrected chi connectivity index (χ4v) is 1.93. The van der Waals surface area contributed by atoms with E-state index < -0.39 is 0 Å². The number of ether oxygens (including phenoxy) is 1. The first kappa shape index (κ1) is 15.8. The Morgan fingerprint density at radius 2 is 1.95 bits per heavy atom. The van der Waals surface area contributed by atoms with Crippen LogP contribution in [0.5, 0.6) is 5.75 Å². The van der Waals surface area contributed by atoms with E-state index in [-0.39, 0.29) is 17.6 Å². The third-order valence-electron chi connectivity index (χ3n) is 2.94. The average molecular weight is 300 g/mol. The minimum absolute atomic E-state index is 0.248. The Hall–Kier alpha value is -2.63. The zero-order valence-electron chi connectivity index (χ0n) is 13.2. The maximum atomic E-state index is 12.2. The summed E-state index contributed by atoms with van der Waals surface area (Å²) in [5, 5.41) is 13.8. The van der Waals surface area contributed by atoms with Gasteiger partial charge in [0.2, 0.25) is 0 Å². The molecule has 0 atom stereocenters. The monoisotopic (exact) mass is 300 g/mol. The minimum atomic E-state index is -0.326. The molecule has 116 valence electrons. The van der Waals surface area contributed by atoms with Crippen LogP contribution >= 0.6 is 0 Å². The SMILES string of the molecule is COc1ccc(C)cc1NC(=O)c1ccc(NC(C)C)nn1. The highest BCUT2D eigenvalue weighted by molar-refractivity contribution is 6.03. The fourth-order valence-electron chi connectivity index (χ4n) is 1.93. The summed E-state index contributed by atoms with van der Waals surface area (Å²) in [4.78, 5) is 12.2. The first-order valence-electron chi connectivity index (χ1n) is 7.06. The molecule has 1 amide bonds. The molecule has 22 heavy (non-hydrogen) atoms. The van der Waals surface area contributed by atoms with Crippen LogP contribution < -0.4 is 15.4 Å². The van der Waals surface area contributed by atoms with Crippen LogP contribution in [0.25, 0.3) is 0 Å². The molecule has 0 saturated carbocycles. The first-order valence-corrected chi connectivity index (χ1v) is 7.06. The van der Waals surface area contributed by atoms with Crippen LogP contribution in [0.3, 0.4) is 0 Å². The number of nitrogens with zero attached hydrogens (tertiary/aromatic N) is 2. The molecule has 1 heterocycles. The molecule has 0 spiro atoms. The average Bonchev–Trinajstić information content (AvgIpc) is 2.47. The molecule has 1 aromatic carbocycles. The number of amides is 1. The van der Waals surface area contributed by atoms with Gasteiger partial charge < -0.3 is 15.4 Å². The van der Waals surface area contributed by atoms with Gasteiger partial charge in [-0.05, 0) is 50.6 Å². The van der Waals surface area contributed by atoms with Crippen molar-refractivity contribution in [3.8, 4) is 5.75 Å². The smallest absolute Gasteiger partial charge is 0.276 e. The van der Waals surface area contributed by atoms with Gasteiger partial charge in [0, 0.05) is 6.04 Å². The number of hydrogen-bond donors (Lipinski definition) is 2. The number of benzene rings is 1. The second kappa shape index (κ2) is 6.89. The van der Waals surface area contributed by atoms with E-state index in [1.54, 1.807) is 19.2 Å². The van der Waals surface area contributed by atoms with Gasteiger partial charge >= 0.3 is 0 Å². The third kappa shape index (κ3) is 3.94. The molecule has 0 saturated heterocycles. The first-order chi connectivity index (χ1) is 10.5. The quantitative estimate of drug-likeness (QED) is 0.888. The van der Waals surface area contributed by atoms with E-state index in [0.29, 0.717) is 17.3 Å².